The molecule has 1 N–H and O–H groups in total. The molecule has 1 saturated heterocycles. The Bertz CT molecular complexity index is 922. The Balaban J connectivity index is 1.62. The number of thioether (sulfide) groups is 1. The van der Waals surface area contributed by atoms with E-state index in [1.165, 1.54) is 48.8 Å². The summed E-state index contributed by atoms with van der Waals surface area (Å²) in [5.41, 5.74) is 2.02. The van der Waals surface area contributed by atoms with Gasteiger partial charge in [0.1, 0.15) is 4.75 Å². The first-order valence-corrected chi connectivity index (χ1v) is 14.2. The van der Waals surface area contributed by atoms with Gasteiger partial charge in [0.25, 0.3) is 0 Å². The molecular weight excluding hydrogens is 482 g/mol. The fraction of sp³-hybridized carbons (Fsp3) is 0.680. The van der Waals surface area contributed by atoms with Crippen molar-refractivity contribution < 1.29 is 14.6 Å². The first-order chi connectivity index (χ1) is 16.8. The molecule has 0 bridgehead atoms. The van der Waals surface area contributed by atoms with Gasteiger partial charge in [0.05, 0.1) is 29.9 Å². The predicted molar refractivity (Wildman–Crippen MR) is 144 cm³/mol. The third-order valence-corrected chi connectivity index (χ3v) is 8.48. The molecule has 1 unspecified atom stereocenters. The third kappa shape index (κ3) is 8.32. The molecule has 2 aromatic heterocycles. The van der Waals surface area contributed by atoms with Crippen LogP contribution < -0.4 is 9.80 Å². The zero-order chi connectivity index (χ0) is 25.3. The molecule has 1 aliphatic rings. The van der Waals surface area contributed by atoms with E-state index in [0.29, 0.717) is 0 Å². The smallest absolute Gasteiger partial charge is 0.319 e. The second-order valence-corrected chi connectivity index (χ2v) is 12.2. The van der Waals surface area contributed by atoms with Crippen LogP contribution in [0.15, 0.2) is 22.1 Å². The van der Waals surface area contributed by atoms with E-state index >= 15 is 0 Å². The van der Waals surface area contributed by atoms with Crippen LogP contribution in [0.1, 0.15) is 65.0 Å². The van der Waals surface area contributed by atoms with Gasteiger partial charge in [-0.25, -0.2) is 15.0 Å². The lowest BCUT2D eigenvalue weighted by molar-refractivity contribution is -0.138. The van der Waals surface area contributed by atoms with Gasteiger partial charge < -0.3 is 19.6 Å². The number of methoxy groups -OCH3 is 1. The van der Waals surface area contributed by atoms with Crippen molar-refractivity contribution in [2.75, 3.05) is 43.1 Å². The number of aromatic nitrogens is 3. The van der Waals surface area contributed by atoms with Crippen LogP contribution in [0.4, 0.5) is 11.6 Å². The minimum atomic E-state index is -0.895. The molecule has 1 aliphatic heterocycles. The number of thiazole rings is 1. The molecule has 3 heterocycles. The topological polar surface area (TPSA) is 91.7 Å². The highest BCUT2D eigenvalue weighted by molar-refractivity contribution is 8.02. The van der Waals surface area contributed by atoms with Gasteiger partial charge >= 0.3 is 5.97 Å². The van der Waals surface area contributed by atoms with Gasteiger partial charge in [-0.05, 0) is 26.7 Å². The maximum absolute atomic E-state index is 11.4. The SMILES string of the molecule is CCCCCCCN(CCc1csc(SC(C)(C)C(=O)O)n1)c1ncc(N2CCC(OC)C2)cn1. The maximum Gasteiger partial charge on any atom is 0.319 e. The third-order valence-electron chi connectivity index (χ3n) is 6.31. The number of aliphatic carboxylic acids is 1. The number of ether oxygens (including phenoxy) is 1. The second kappa shape index (κ2) is 13.4. The van der Waals surface area contributed by atoms with Crippen LogP contribution in [0.5, 0.6) is 0 Å². The van der Waals surface area contributed by atoms with Gasteiger partial charge in [0.2, 0.25) is 5.95 Å². The number of carboxylic acid groups (broad SMARTS) is 1. The summed E-state index contributed by atoms with van der Waals surface area (Å²) in [5.74, 6) is -0.0793. The highest BCUT2D eigenvalue weighted by Crippen LogP contribution is 2.34. The molecule has 3 rings (SSSR count). The monoisotopic (exact) mass is 521 g/mol. The van der Waals surface area contributed by atoms with E-state index in [2.05, 4.69) is 21.7 Å². The molecule has 194 valence electrons. The molecule has 8 nitrogen and oxygen atoms in total. The summed E-state index contributed by atoms with van der Waals surface area (Å²) in [6, 6.07) is 0. The summed E-state index contributed by atoms with van der Waals surface area (Å²) in [5, 5.41) is 11.4. The van der Waals surface area contributed by atoms with E-state index in [1.54, 1.807) is 21.0 Å². The normalized spacial score (nSPS) is 16.1. The largest absolute Gasteiger partial charge is 0.480 e. The van der Waals surface area contributed by atoms with Crippen LogP contribution in [0.3, 0.4) is 0 Å². The van der Waals surface area contributed by atoms with Crippen molar-refractivity contribution in [3.63, 3.8) is 0 Å². The minimum Gasteiger partial charge on any atom is -0.480 e. The quantitative estimate of drug-likeness (QED) is 0.253. The van der Waals surface area contributed by atoms with Crippen LogP contribution >= 0.6 is 23.1 Å². The summed E-state index contributed by atoms with van der Waals surface area (Å²) < 4.78 is 5.38. The molecule has 0 aliphatic carbocycles. The van der Waals surface area contributed by atoms with Crippen LogP contribution in [0, 0.1) is 0 Å². The van der Waals surface area contributed by atoms with Gasteiger partial charge in [-0.1, -0.05) is 44.4 Å². The van der Waals surface area contributed by atoms with E-state index < -0.39 is 10.7 Å². The number of anilines is 2. The lowest BCUT2D eigenvalue weighted by atomic mass is 10.1. The van der Waals surface area contributed by atoms with Gasteiger partial charge in [-0.3, -0.25) is 4.79 Å². The Labute approximate surface area is 217 Å². The van der Waals surface area contributed by atoms with Gasteiger partial charge in [-0.15, -0.1) is 11.3 Å². The van der Waals surface area contributed by atoms with E-state index in [0.717, 1.165) is 67.1 Å². The first-order valence-electron chi connectivity index (χ1n) is 12.5. The Morgan fingerprint density at radius 1 is 1.26 bits per heavy atom. The van der Waals surface area contributed by atoms with Crippen LogP contribution in [-0.2, 0) is 16.0 Å². The molecule has 10 heteroatoms. The Morgan fingerprint density at radius 3 is 2.66 bits per heavy atom. The highest BCUT2D eigenvalue weighted by Gasteiger charge is 2.30. The molecular formula is C25H39N5O3S2. The van der Waals surface area contributed by atoms with Crippen molar-refractivity contribution in [2.24, 2.45) is 0 Å². The standard InChI is InChI=1S/C25H39N5O3S2/c1-5-6-7-8-9-12-29(13-10-19-18-34-24(28-19)35-25(2,3)22(31)32)23-26-15-20(16-27-23)30-14-11-21(17-30)33-4/h15-16,18,21H,5-14,17H2,1-4H3,(H,31,32). The zero-order valence-corrected chi connectivity index (χ0v) is 23.0. The zero-order valence-electron chi connectivity index (χ0n) is 21.4. The van der Waals surface area contributed by atoms with Crippen molar-refractivity contribution >= 4 is 40.7 Å². The average molecular weight is 522 g/mol. The number of nitrogens with zero attached hydrogens (tertiary/aromatic N) is 5. The molecule has 0 spiro atoms. The molecule has 0 amide bonds. The maximum atomic E-state index is 11.4. The second-order valence-electron chi connectivity index (χ2n) is 9.51. The summed E-state index contributed by atoms with van der Waals surface area (Å²) in [6.45, 7) is 9.18. The van der Waals surface area contributed by atoms with Crippen molar-refractivity contribution in [3.05, 3.63) is 23.5 Å². The summed E-state index contributed by atoms with van der Waals surface area (Å²) in [6.07, 6.45) is 12.0. The number of carbonyl (C=O) groups is 1. The summed E-state index contributed by atoms with van der Waals surface area (Å²) in [4.78, 5) is 30.1. The molecule has 2 aromatic rings. The fourth-order valence-corrected chi connectivity index (χ4v) is 6.20. The van der Waals surface area contributed by atoms with Crippen molar-refractivity contribution in [3.8, 4) is 0 Å². The van der Waals surface area contributed by atoms with Crippen LogP contribution in [0.25, 0.3) is 0 Å². The number of hydrogen-bond donors (Lipinski definition) is 1. The number of unbranched alkanes of at least 4 members (excludes halogenated alkanes) is 4. The lowest BCUT2D eigenvalue weighted by Crippen LogP contribution is -2.29. The van der Waals surface area contributed by atoms with E-state index in [4.69, 9.17) is 14.7 Å². The van der Waals surface area contributed by atoms with Gasteiger partial charge in [0, 0.05) is 45.1 Å². The fourth-order valence-electron chi connectivity index (χ4n) is 3.98. The summed E-state index contributed by atoms with van der Waals surface area (Å²) in [7, 11) is 1.77. The highest BCUT2D eigenvalue weighted by atomic mass is 32.2. The Morgan fingerprint density at radius 2 is 2.00 bits per heavy atom. The van der Waals surface area contributed by atoms with Crippen molar-refractivity contribution in [2.45, 2.75) is 80.9 Å². The molecule has 0 aromatic carbocycles. The molecule has 0 radical (unpaired) electrons. The van der Waals surface area contributed by atoms with Crippen LogP contribution in [-0.4, -0.2) is 70.2 Å². The number of rotatable bonds is 15. The number of carboxylic acids is 1. The molecule has 1 atom stereocenters. The Hall–Kier alpha value is -1.91. The van der Waals surface area contributed by atoms with E-state index in [-0.39, 0.29) is 6.10 Å². The number of hydrogen-bond acceptors (Lipinski definition) is 9. The summed E-state index contributed by atoms with van der Waals surface area (Å²) >= 11 is 2.81. The van der Waals surface area contributed by atoms with E-state index in [1.807, 2.05) is 17.8 Å². The minimum absolute atomic E-state index is 0.275. The van der Waals surface area contributed by atoms with Crippen molar-refractivity contribution in [1.29, 1.82) is 0 Å². The molecule has 0 saturated carbocycles. The Kier molecular flexibility index (Phi) is 10.6. The average Bonchev–Trinajstić information content (AvgIpc) is 3.50. The van der Waals surface area contributed by atoms with Gasteiger partial charge in [0.15, 0.2) is 4.34 Å². The lowest BCUT2D eigenvalue weighted by Gasteiger charge is -2.23. The molecule has 1 fully saturated rings. The van der Waals surface area contributed by atoms with E-state index in [9.17, 15) is 9.90 Å². The first kappa shape index (κ1) is 27.7. The molecule has 35 heavy (non-hydrogen) atoms. The predicted octanol–water partition coefficient (Wildman–Crippen LogP) is 5.13. The van der Waals surface area contributed by atoms with Crippen LogP contribution in [0.2, 0.25) is 0 Å². The van der Waals surface area contributed by atoms with Crippen molar-refractivity contribution in [1.82, 2.24) is 15.0 Å². The van der Waals surface area contributed by atoms with Gasteiger partial charge in [-0.2, -0.15) is 0 Å².